The molecule has 5 heteroatoms. The predicted octanol–water partition coefficient (Wildman–Crippen LogP) is 2.66. The van der Waals surface area contributed by atoms with E-state index in [9.17, 15) is 0 Å². The molecule has 19 heavy (non-hydrogen) atoms. The molecule has 0 saturated heterocycles. The van der Waals surface area contributed by atoms with Gasteiger partial charge < -0.3 is 14.8 Å². The van der Waals surface area contributed by atoms with E-state index in [0.717, 1.165) is 12.4 Å². The monoisotopic (exact) mass is 267 g/mol. The fourth-order valence-electron chi connectivity index (χ4n) is 1.67. The summed E-state index contributed by atoms with van der Waals surface area (Å²) in [4.78, 5) is 8.62. The Morgan fingerprint density at radius 2 is 1.95 bits per heavy atom. The van der Waals surface area contributed by atoms with Gasteiger partial charge >= 0.3 is 0 Å². The zero-order chi connectivity index (χ0) is 14.3. The van der Waals surface area contributed by atoms with Crippen LogP contribution >= 0.6 is 0 Å². The maximum absolute atomic E-state index is 5.50. The van der Waals surface area contributed by atoms with Gasteiger partial charge in [0.05, 0.1) is 19.3 Å². The van der Waals surface area contributed by atoms with Crippen molar-refractivity contribution in [3.8, 4) is 5.88 Å². The highest BCUT2D eigenvalue weighted by molar-refractivity contribution is 5.39. The molecule has 0 spiro atoms. The normalized spacial score (nSPS) is 12.5. The molecule has 0 fully saturated rings. The summed E-state index contributed by atoms with van der Waals surface area (Å²) in [6.45, 7) is 12.1. The fraction of sp³-hybridized carbons (Fsp3) is 0.714. The lowest BCUT2D eigenvalue weighted by molar-refractivity contribution is 0.126. The van der Waals surface area contributed by atoms with Gasteiger partial charge in [0.15, 0.2) is 0 Å². The molecule has 0 aliphatic carbocycles. The first-order chi connectivity index (χ1) is 9.06. The van der Waals surface area contributed by atoms with Gasteiger partial charge in [0.25, 0.3) is 0 Å². The smallest absolute Gasteiger partial charge is 0.218 e. The lowest BCUT2D eigenvalue weighted by atomic mass is 10.1. The van der Waals surface area contributed by atoms with Crippen molar-refractivity contribution in [3.63, 3.8) is 0 Å². The van der Waals surface area contributed by atoms with Crippen LogP contribution in [0.2, 0.25) is 0 Å². The van der Waals surface area contributed by atoms with Crippen molar-refractivity contribution >= 4 is 5.82 Å². The van der Waals surface area contributed by atoms with Crippen LogP contribution in [0.25, 0.3) is 0 Å². The molecule has 1 unspecified atom stereocenters. The summed E-state index contributed by atoms with van der Waals surface area (Å²) in [5, 5.41) is 3.40. The zero-order valence-corrected chi connectivity index (χ0v) is 12.6. The second-order valence-corrected chi connectivity index (χ2v) is 4.73. The van der Waals surface area contributed by atoms with Gasteiger partial charge in [0, 0.05) is 12.7 Å². The van der Waals surface area contributed by atoms with E-state index in [1.807, 2.05) is 26.8 Å². The Balaban J connectivity index is 2.77. The Labute approximate surface area is 115 Å². The van der Waals surface area contributed by atoms with Gasteiger partial charge in [0.2, 0.25) is 5.88 Å². The molecule has 1 atom stereocenters. The first kappa shape index (κ1) is 15.7. The standard InChI is InChI=1S/C14H25N3O2/c1-6-18-9-12(10(3)4)17-13-8-14(19-7-2)16-11(5)15-13/h8,10,12H,6-7,9H2,1-5H3,(H,15,16,17). The van der Waals surface area contributed by atoms with Crippen LogP contribution in [0, 0.1) is 12.8 Å². The quantitative estimate of drug-likeness (QED) is 0.784. The van der Waals surface area contributed by atoms with Gasteiger partial charge in [-0.1, -0.05) is 13.8 Å². The number of aryl methyl sites for hydroxylation is 1. The highest BCUT2D eigenvalue weighted by Gasteiger charge is 2.14. The SMILES string of the molecule is CCOCC(Nc1cc(OCC)nc(C)n1)C(C)C. The number of nitrogens with zero attached hydrogens (tertiary/aromatic N) is 2. The van der Waals surface area contributed by atoms with Crippen LogP contribution in [0.5, 0.6) is 5.88 Å². The van der Waals surface area contributed by atoms with Crippen LogP contribution in [0.1, 0.15) is 33.5 Å². The van der Waals surface area contributed by atoms with Crippen LogP contribution in [0.4, 0.5) is 5.82 Å². The minimum Gasteiger partial charge on any atom is -0.478 e. The highest BCUT2D eigenvalue weighted by atomic mass is 16.5. The first-order valence-corrected chi connectivity index (χ1v) is 6.89. The van der Waals surface area contributed by atoms with Crippen molar-refractivity contribution in [2.75, 3.05) is 25.1 Å². The lowest BCUT2D eigenvalue weighted by Gasteiger charge is -2.23. The molecule has 0 aromatic carbocycles. The molecule has 0 bridgehead atoms. The number of nitrogens with one attached hydrogen (secondary N) is 1. The largest absolute Gasteiger partial charge is 0.478 e. The number of anilines is 1. The summed E-state index contributed by atoms with van der Waals surface area (Å²) in [5.41, 5.74) is 0. The number of hydrogen-bond donors (Lipinski definition) is 1. The number of aromatic nitrogens is 2. The maximum atomic E-state index is 5.50. The van der Waals surface area contributed by atoms with Crippen LogP contribution < -0.4 is 10.1 Å². The summed E-state index contributed by atoms with van der Waals surface area (Å²) < 4.78 is 10.9. The third-order valence-corrected chi connectivity index (χ3v) is 2.75. The lowest BCUT2D eigenvalue weighted by Crippen LogP contribution is -2.31. The Bertz CT molecular complexity index is 383. The van der Waals surface area contributed by atoms with Crippen molar-refractivity contribution in [2.45, 2.75) is 40.7 Å². The van der Waals surface area contributed by atoms with Gasteiger partial charge in [-0.25, -0.2) is 4.98 Å². The van der Waals surface area contributed by atoms with Crippen LogP contribution in [0.3, 0.4) is 0 Å². The minimum absolute atomic E-state index is 0.226. The van der Waals surface area contributed by atoms with Gasteiger partial charge in [-0.3, -0.25) is 0 Å². The van der Waals surface area contributed by atoms with E-state index in [1.165, 1.54) is 0 Å². The van der Waals surface area contributed by atoms with Crippen molar-refractivity contribution in [1.82, 2.24) is 9.97 Å². The van der Waals surface area contributed by atoms with E-state index in [1.54, 1.807) is 0 Å². The summed E-state index contributed by atoms with van der Waals surface area (Å²) in [6.07, 6.45) is 0. The van der Waals surface area contributed by atoms with Crippen molar-refractivity contribution < 1.29 is 9.47 Å². The van der Waals surface area contributed by atoms with E-state index < -0.39 is 0 Å². The van der Waals surface area contributed by atoms with Crippen LogP contribution in [-0.4, -0.2) is 35.8 Å². The van der Waals surface area contributed by atoms with Crippen molar-refractivity contribution in [1.29, 1.82) is 0 Å². The van der Waals surface area contributed by atoms with Gasteiger partial charge in [-0.15, -0.1) is 0 Å². The molecule has 108 valence electrons. The highest BCUT2D eigenvalue weighted by Crippen LogP contribution is 2.16. The molecule has 1 heterocycles. The summed E-state index contributed by atoms with van der Waals surface area (Å²) in [7, 11) is 0. The minimum atomic E-state index is 0.226. The van der Waals surface area contributed by atoms with E-state index >= 15 is 0 Å². The van der Waals surface area contributed by atoms with E-state index in [-0.39, 0.29) is 6.04 Å². The fourth-order valence-corrected chi connectivity index (χ4v) is 1.67. The molecule has 0 radical (unpaired) electrons. The molecule has 0 aliphatic rings. The Morgan fingerprint density at radius 1 is 1.21 bits per heavy atom. The van der Waals surface area contributed by atoms with Crippen molar-refractivity contribution in [2.24, 2.45) is 5.92 Å². The molecule has 0 amide bonds. The molecule has 1 rings (SSSR count). The molecule has 0 saturated carbocycles. The Morgan fingerprint density at radius 3 is 2.53 bits per heavy atom. The molecule has 5 nitrogen and oxygen atoms in total. The average Bonchev–Trinajstić information content (AvgIpc) is 2.33. The zero-order valence-electron chi connectivity index (χ0n) is 12.6. The van der Waals surface area contributed by atoms with Gasteiger partial charge in [-0.2, -0.15) is 4.98 Å². The molecular weight excluding hydrogens is 242 g/mol. The Kier molecular flexibility index (Phi) is 6.56. The molecule has 0 aliphatic heterocycles. The predicted molar refractivity (Wildman–Crippen MR) is 76.7 cm³/mol. The summed E-state index contributed by atoms with van der Waals surface area (Å²) in [5.74, 6) is 2.55. The van der Waals surface area contributed by atoms with Gasteiger partial charge in [-0.05, 0) is 26.7 Å². The van der Waals surface area contributed by atoms with Crippen LogP contribution in [0.15, 0.2) is 6.07 Å². The third-order valence-electron chi connectivity index (χ3n) is 2.75. The van der Waals surface area contributed by atoms with Gasteiger partial charge in [0.1, 0.15) is 11.6 Å². The Hall–Kier alpha value is -1.36. The van der Waals surface area contributed by atoms with Crippen molar-refractivity contribution in [3.05, 3.63) is 11.9 Å². The second-order valence-electron chi connectivity index (χ2n) is 4.73. The summed E-state index contributed by atoms with van der Waals surface area (Å²) >= 11 is 0. The van der Waals surface area contributed by atoms with E-state index in [2.05, 4.69) is 29.1 Å². The van der Waals surface area contributed by atoms with E-state index in [0.29, 0.717) is 30.8 Å². The number of hydrogen-bond acceptors (Lipinski definition) is 5. The van der Waals surface area contributed by atoms with E-state index in [4.69, 9.17) is 9.47 Å². The molecule has 1 aromatic heterocycles. The maximum Gasteiger partial charge on any atom is 0.218 e. The topological polar surface area (TPSA) is 56.3 Å². The third kappa shape index (κ3) is 5.42. The average molecular weight is 267 g/mol. The van der Waals surface area contributed by atoms with Crippen LogP contribution in [-0.2, 0) is 4.74 Å². The molecule has 1 aromatic rings. The first-order valence-electron chi connectivity index (χ1n) is 6.89. The number of rotatable bonds is 8. The second kappa shape index (κ2) is 7.94. The molecule has 1 N–H and O–H groups in total. The molecular formula is C14H25N3O2. The number of ether oxygens (including phenoxy) is 2. The summed E-state index contributed by atoms with van der Waals surface area (Å²) in [6, 6.07) is 2.06.